The first-order valence-electron chi connectivity index (χ1n) is 9.45. The van der Waals surface area contributed by atoms with Gasteiger partial charge in [0.25, 0.3) is 5.91 Å². The molecular formula is C21H21IN4O5. The molecule has 1 aliphatic rings. The van der Waals surface area contributed by atoms with E-state index in [2.05, 4.69) is 43.8 Å². The zero-order chi connectivity index (χ0) is 22.2. The maximum absolute atomic E-state index is 12.1. The normalized spacial score (nSPS) is 12.8. The Balaban J connectivity index is 1.58. The summed E-state index contributed by atoms with van der Waals surface area (Å²) in [7, 11) is 1.48. The van der Waals surface area contributed by atoms with Crippen LogP contribution in [0.5, 0.6) is 11.5 Å². The van der Waals surface area contributed by atoms with E-state index in [4.69, 9.17) is 9.47 Å². The molecule has 0 heterocycles. The molecule has 0 bridgehead atoms. The Hall–Kier alpha value is -3.15. The summed E-state index contributed by atoms with van der Waals surface area (Å²) in [4.78, 5) is 35.4. The Morgan fingerprint density at radius 2 is 1.90 bits per heavy atom. The van der Waals surface area contributed by atoms with Crippen molar-refractivity contribution in [2.45, 2.75) is 18.9 Å². The Morgan fingerprint density at radius 3 is 2.58 bits per heavy atom. The minimum absolute atomic E-state index is 0.0930. The van der Waals surface area contributed by atoms with Crippen LogP contribution >= 0.6 is 22.6 Å². The van der Waals surface area contributed by atoms with Crippen molar-refractivity contribution < 1.29 is 23.9 Å². The van der Waals surface area contributed by atoms with Crippen molar-refractivity contribution in [2.75, 3.05) is 19.0 Å². The first kappa shape index (κ1) is 22.5. The highest BCUT2D eigenvalue weighted by Gasteiger charge is 2.26. The lowest BCUT2D eigenvalue weighted by atomic mass is 10.2. The van der Waals surface area contributed by atoms with Crippen molar-refractivity contribution in [3.05, 3.63) is 51.6 Å². The number of para-hydroxylation sites is 1. The van der Waals surface area contributed by atoms with Crippen LogP contribution in [0.25, 0.3) is 0 Å². The highest BCUT2D eigenvalue weighted by atomic mass is 127. The van der Waals surface area contributed by atoms with E-state index >= 15 is 0 Å². The van der Waals surface area contributed by atoms with Gasteiger partial charge < -0.3 is 20.1 Å². The van der Waals surface area contributed by atoms with Gasteiger partial charge in [0, 0.05) is 11.7 Å². The van der Waals surface area contributed by atoms with Crippen LogP contribution in [0.15, 0.2) is 47.6 Å². The van der Waals surface area contributed by atoms with Gasteiger partial charge in [-0.1, -0.05) is 18.2 Å². The molecule has 3 rings (SSSR count). The predicted molar refractivity (Wildman–Crippen MR) is 123 cm³/mol. The number of halogens is 1. The maximum atomic E-state index is 12.1. The number of hydrogen-bond acceptors (Lipinski definition) is 6. The fraction of sp³-hybridized carbons (Fsp3) is 0.238. The SMILES string of the molecule is COc1cc(/C=N\NC(=O)C(=O)NC2CC2)cc(I)c1OCC(=O)Nc1ccccc1. The van der Waals surface area contributed by atoms with E-state index in [1.807, 2.05) is 18.2 Å². The highest BCUT2D eigenvalue weighted by Crippen LogP contribution is 2.33. The second kappa shape index (κ2) is 10.8. The summed E-state index contributed by atoms with van der Waals surface area (Å²) in [6.45, 7) is -0.194. The van der Waals surface area contributed by atoms with Gasteiger partial charge in [-0.2, -0.15) is 5.10 Å². The number of carbonyl (C=O) groups is 3. The van der Waals surface area contributed by atoms with Crippen LogP contribution in [0.1, 0.15) is 18.4 Å². The second-order valence-electron chi connectivity index (χ2n) is 6.68. The number of ether oxygens (including phenoxy) is 2. The van der Waals surface area contributed by atoms with Crippen LogP contribution in [0.2, 0.25) is 0 Å². The van der Waals surface area contributed by atoms with Crippen molar-refractivity contribution in [3.63, 3.8) is 0 Å². The number of amides is 3. The molecule has 3 amide bonds. The van der Waals surface area contributed by atoms with Crippen molar-refractivity contribution in [2.24, 2.45) is 5.10 Å². The average molecular weight is 536 g/mol. The van der Waals surface area contributed by atoms with Gasteiger partial charge in [0.1, 0.15) is 0 Å². The number of hydrogen-bond donors (Lipinski definition) is 3. The first-order valence-corrected chi connectivity index (χ1v) is 10.5. The van der Waals surface area contributed by atoms with Gasteiger partial charge in [0.15, 0.2) is 18.1 Å². The van der Waals surface area contributed by atoms with Crippen LogP contribution in [0, 0.1) is 3.57 Å². The monoisotopic (exact) mass is 536 g/mol. The summed E-state index contributed by atoms with van der Waals surface area (Å²) < 4.78 is 11.7. The molecule has 162 valence electrons. The van der Waals surface area contributed by atoms with Gasteiger partial charge in [-0.15, -0.1) is 0 Å². The molecule has 9 nitrogen and oxygen atoms in total. The molecule has 1 aliphatic carbocycles. The van der Waals surface area contributed by atoms with Crippen LogP contribution in [0.3, 0.4) is 0 Å². The molecule has 0 aliphatic heterocycles. The Morgan fingerprint density at radius 1 is 1.16 bits per heavy atom. The largest absolute Gasteiger partial charge is 0.493 e. The number of nitrogens with one attached hydrogen (secondary N) is 3. The fourth-order valence-electron chi connectivity index (χ4n) is 2.51. The Kier molecular flexibility index (Phi) is 7.82. The lowest BCUT2D eigenvalue weighted by Crippen LogP contribution is -2.38. The lowest BCUT2D eigenvalue weighted by Gasteiger charge is -2.13. The van der Waals surface area contributed by atoms with Crippen molar-refractivity contribution in [1.82, 2.24) is 10.7 Å². The topological polar surface area (TPSA) is 118 Å². The molecule has 0 aromatic heterocycles. The van der Waals surface area contributed by atoms with Crippen molar-refractivity contribution in [1.29, 1.82) is 0 Å². The van der Waals surface area contributed by atoms with Gasteiger partial charge in [-0.05, 0) is 65.3 Å². The summed E-state index contributed by atoms with van der Waals surface area (Å²) in [5, 5.41) is 9.13. The van der Waals surface area contributed by atoms with Gasteiger partial charge in [0.05, 0.1) is 16.9 Å². The molecule has 10 heteroatoms. The fourth-order valence-corrected chi connectivity index (χ4v) is 3.29. The van der Waals surface area contributed by atoms with E-state index in [9.17, 15) is 14.4 Å². The average Bonchev–Trinajstić information content (AvgIpc) is 3.57. The van der Waals surface area contributed by atoms with Crippen LogP contribution in [-0.4, -0.2) is 43.7 Å². The third-order valence-corrected chi connectivity index (χ3v) is 4.96. The smallest absolute Gasteiger partial charge is 0.329 e. The Bertz CT molecular complexity index is 993. The van der Waals surface area contributed by atoms with Crippen LogP contribution in [0.4, 0.5) is 5.69 Å². The van der Waals surface area contributed by atoms with E-state index < -0.39 is 11.8 Å². The summed E-state index contributed by atoms with van der Waals surface area (Å²) >= 11 is 2.05. The van der Waals surface area contributed by atoms with E-state index in [-0.39, 0.29) is 18.6 Å². The van der Waals surface area contributed by atoms with Crippen molar-refractivity contribution >= 4 is 52.2 Å². The third-order valence-electron chi connectivity index (χ3n) is 4.16. The number of methoxy groups -OCH3 is 1. The first-order chi connectivity index (χ1) is 15.0. The van der Waals surface area contributed by atoms with E-state index in [1.54, 1.807) is 24.3 Å². The van der Waals surface area contributed by atoms with Gasteiger partial charge >= 0.3 is 11.8 Å². The maximum Gasteiger partial charge on any atom is 0.329 e. The number of benzene rings is 2. The number of nitrogens with zero attached hydrogens (tertiary/aromatic N) is 1. The predicted octanol–water partition coefficient (Wildman–Crippen LogP) is 2.05. The zero-order valence-corrected chi connectivity index (χ0v) is 18.8. The van der Waals surface area contributed by atoms with Gasteiger partial charge in [0.2, 0.25) is 0 Å². The molecule has 1 saturated carbocycles. The number of rotatable bonds is 8. The van der Waals surface area contributed by atoms with E-state index in [0.717, 1.165) is 12.8 Å². The molecule has 0 unspecified atom stereocenters. The zero-order valence-electron chi connectivity index (χ0n) is 16.7. The molecule has 1 fully saturated rings. The highest BCUT2D eigenvalue weighted by molar-refractivity contribution is 14.1. The second-order valence-corrected chi connectivity index (χ2v) is 7.85. The minimum Gasteiger partial charge on any atom is -0.493 e. The molecule has 31 heavy (non-hydrogen) atoms. The summed E-state index contributed by atoms with van der Waals surface area (Å²) in [5.74, 6) is -1.02. The molecule has 0 saturated heterocycles. The molecule has 3 N–H and O–H groups in total. The number of hydrazone groups is 1. The quantitative estimate of drug-likeness (QED) is 0.207. The third kappa shape index (κ3) is 6.95. The molecular weight excluding hydrogens is 515 g/mol. The van der Waals surface area contributed by atoms with Gasteiger partial charge in [-0.25, -0.2) is 5.43 Å². The standard InChI is InChI=1S/C21H21IN4O5/c1-30-17-10-13(11-23-26-21(29)20(28)25-15-7-8-15)9-16(22)19(17)31-12-18(27)24-14-5-3-2-4-6-14/h2-6,9-11,15H,7-8,12H2,1H3,(H,24,27)(H,25,28)(H,26,29)/b23-11-. The summed E-state index contributed by atoms with van der Waals surface area (Å²) in [6, 6.07) is 12.6. The van der Waals surface area contributed by atoms with Crippen molar-refractivity contribution in [3.8, 4) is 11.5 Å². The molecule has 0 spiro atoms. The number of anilines is 1. The minimum atomic E-state index is -0.825. The summed E-state index contributed by atoms with van der Waals surface area (Å²) in [5.41, 5.74) is 3.48. The van der Waals surface area contributed by atoms with E-state index in [1.165, 1.54) is 13.3 Å². The molecule has 0 atom stereocenters. The molecule has 2 aromatic carbocycles. The van der Waals surface area contributed by atoms with Crippen LogP contribution in [-0.2, 0) is 14.4 Å². The molecule has 2 aromatic rings. The number of carbonyl (C=O) groups excluding carboxylic acids is 3. The lowest BCUT2D eigenvalue weighted by molar-refractivity contribution is -0.139. The summed E-state index contributed by atoms with van der Waals surface area (Å²) in [6.07, 6.45) is 3.17. The van der Waals surface area contributed by atoms with E-state index in [0.29, 0.717) is 26.3 Å². The van der Waals surface area contributed by atoms with Gasteiger partial charge in [-0.3, -0.25) is 14.4 Å². The Labute approximate surface area is 192 Å². The van der Waals surface area contributed by atoms with Crippen LogP contribution < -0.4 is 25.5 Å². The molecule has 0 radical (unpaired) electrons.